The third-order valence-electron chi connectivity index (χ3n) is 4.37. The maximum absolute atomic E-state index is 6.02. The van der Waals surface area contributed by atoms with Crippen LogP contribution in [0.1, 0.15) is 45.1 Å². The van der Waals surface area contributed by atoms with Crippen LogP contribution in [0.5, 0.6) is 11.5 Å². The number of aromatic nitrogens is 2. The Labute approximate surface area is 155 Å². The molecule has 3 aromatic rings. The van der Waals surface area contributed by atoms with Gasteiger partial charge in [-0.1, -0.05) is 32.8 Å². The van der Waals surface area contributed by atoms with Gasteiger partial charge in [-0.15, -0.1) is 0 Å². The third kappa shape index (κ3) is 4.37. The molecule has 0 amide bonds. The monoisotopic (exact) mass is 352 g/mol. The zero-order chi connectivity index (χ0) is 18.4. The Bertz CT molecular complexity index is 854. The predicted molar refractivity (Wildman–Crippen MR) is 107 cm³/mol. The summed E-state index contributed by atoms with van der Waals surface area (Å²) in [7, 11) is 0. The second kappa shape index (κ2) is 8.75. The van der Waals surface area contributed by atoms with Gasteiger partial charge in [0.25, 0.3) is 0 Å². The van der Waals surface area contributed by atoms with Gasteiger partial charge in [-0.05, 0) is 55.7 Å². The molecule has 138 valence electrons. The molecule has 2 aromatic carbocycles. The van der Waals surface area contributed by atoms with Crippen molar-refractivity contribution < 1.29 is 9.47 Å². The Balaban J connectivity index is 1.94. The first-order chi connectivity index (χ1) is 12.7. The highest BCUT2D eigenvalue weighted by atomic mass is 16.5. The lowest BCUT2D eigenvalue weighted by Gasteiger charge is -2.12. The molecule has 0 radical (unpaired) electrons. The summed E-state index contributed by atoms with van der Waals surface area (Å²) in [5.41, 5.74) is 4.16. The van der Waals surface area contributed by atoms with E-state index >= 15 is 0 Å². The van der Waals surface area contributed by atoms with E-state index in [9.17, 15) is 0 Å². The Morgan fingerprint density at radius 3 is 2.46 bits per heavy atom. The van der Waals surface area contributed by atoms with E-state index in [1.807, 2.05) is 24.3 Å². The van der Waals surface area contributed by atoms with Gasteiger partial charge in [0, 0.05) is 0 Å². The normalized spacial score (nSPS) is 11.0. The fourth-order valence-electron chi connectivity index (χ4n) is 2.82. The number of nitrogens with one attached hydrogen (secondary N) is 1. The first-order valence-electron chi connectivity index (χ1n) is 9.57. The van der Waals surface area contributed by atoms with Crippen molar-refractivity contribution in [3.05, 3.63) is 42.0 Å². The molecule has 0 fully saturated rings. The molecule has 0 spiro atoms. The number of rotatable bonds is 9. The molecule has 0 aliphatic heterocycles. The van der Waals surface area contributed by atoms with Crippen LogP contribution in [0.2, 0.25) is 0 Å². The summed E-state index contributed by atoms with van der Waals surface area (Å²) >= 11 is 0. The standard InChI is InChI=1S/C22H28N2O2/c1-4-6-12-25-17-9-11-21(26-13-7-5-2)18(15-17)22-23-19-10-8-16(3)14-20(19)24-22/h8-11,14-15H,4-7,12-13H2,1-3H3,(H,23,24). The number of aryl methyl sites for hydroxylation is 1. The van der Waals surface area contributed by atoms with Crippen LogP contribution in [-0.2, 0) is 0 Å². The number of nitrogens with zero attached hydrogens (tertiary/aromatic N) is 1. The maximum atomic E-state index is 6.02. The summed E-state index contributed by atoms with van der Waals surface area (Å²) in [5.74, 6) is 2.52. The van der Waals surface area contributed by atoms with Crippen molar-refractivity contribution in [2.75, 3.05) is 13.2 Å². The van der Waals surface area contributed by atoms with Crippen molar-refractivity contribution in [2.45, 2.75) is 46.5 Å². The highest BCUT2D eigenvalue weighted by molar-refractivity contribution is 5.81. The van der Waals surface area contributed by atoms with E-state index in [0.717, 1.165) is 66.2 Å². The van der Waals surface area contributed by atoms with Crippen molar-refractivity contribution in [3.63, 3.8) is 0 Å². The minimum Gasteiger partial charge on any atom is -0.494 e. The number of imidazole rings is 1. The van der Waals surface area contributed by atoms with Crippen molar-refractivity contribution in [1.29, 1.82) is 0 Å². The highest BCUT2D eigenvalue weighted by Crippen LogP contribution is 2.33. The largest absolute Gasteiger partial charge is 0.494 e. The van der Waals surface area contributed by atoms with Gasteiger partial charge in [0.05, 0.1) is 29.8 Å². The fraction of sp³-hybridized carbons (Fsp3) is 0.409. The molecule has 1 aromatic heterocycles. The summed E-state index contributed by atoms with van der Waals surface area (Å²) in [6, 6.07) is 12.2. The van der Waals surface area contributed by atoms with Crippen LogP contribution in [0.15, 0.2) is 36.4 Å². The van der Waals surface area contributed by atoms with Gasteiger partial charge in [0.2, 0.25) is 0 Å². The molecule has 3 rings (SSSR count). The topological polar surface area (TPSA) is 47.1 Å². The lowest BCUT2D eigenvalue weighted by atomic mass is 10.1. The van der Waals surface area contributed by atoms with Gasteiger partial charge in [0.15, 0.2) is 0 Å². The number of benzene rings is 2. The van der Waals surface area contributed by atoms with E-state index in [4.69, 9.17) is 14.5 Å². The van der Waals surface area contributed by atoms with Crippen molar-refractivity contribution in [1.82, 2.24) is 9.97 Å². The Hall–Kier alpha value is -2.49. The Morgan fingerprint density at radius 2 is 1.69 bits per heavy atom. The zero-order valence-corrected chi connectivity index (χ0v) is 16.0. The fourth-order valence-corrected chi connectivity index (χ4v) is 2.82. The van der Waals surface area contributed by atoms with E-state index in [2.05, 4.69) is 37.9 Å². The lowest BCUT2D eigenvalue weighted by Crippen LogP contribution is -2.01. The minimum atomic E-state index is 0.707. The van der Waals surface area contributed by atoms with Crippen molar-refractivity contribution in [2.24, 2.45) is 0 Å². The summed E-state index contributed by atoms with van der Waals surface area (Å²) in [6.07, 6.45) is 4.31. The molecule has 0 unspecified atom stereocenters. The smallest absolute Gasteiger partial charge is 0.142 e. The van der Waals surface area contributed by atoms with E-state index in [0.29, 0.717) is 6.61 Å². The molecule has 0 aliphatic rings. The van der Waals surface area contributed by atoms with Crippen LogP contribution in [0.3, 0.4) is 0 Å². The van der Waals surface area contributed by atoms with Gasteiger partial charge >= 0.3 is 0 Å². The van der Waals surface area contributed by atoms with E-state index in [1.54, 1.807) is 0 Å². The first kappa shape index (κ1) is 18.3. The van der Waals surface area contributed by atoms with Gasteiger partial charge < -0.3 is 14.5 Å². The Kier molecular flexibility index (Phi) is 6.16. The summed E-state index contributed by atoms with van der Waals surface area (Å²) in [5, 5.41) is 0. The average molecular weight is 352 g/mol. The third-order valence-corrected chi connectivity index (χ3v) is 4.37. The molecule has 0 aliphatic carbocycles. The number of hydrogen-bond donors (Lipinski definition) is 1. The molecular weight excluding hydrogens is 324 g/mol. The van der Waals surface area contributed by atoms with Crippen molar-refractivity contribution in [3.8, 4) is 22.9 Å². The second-order valence-electron chi connectivity index (χ2n) is 6.67. The number of aromatic amines is 1. The molecule has 1 N–H and O–H groups in total. The zero-order valence-electron chi connectivity index (χ0n) is 16.0. The maximum Gasteiger partial charge on any atom is 0.142 e. The minimum absolute atomic E-state index is 0.707. The number of hydrogen-bond acceptors (Lipinski definition) is 3. The Morgan fingerprint density at radius 1 is 0.923 bits per heavy atom. The van der Waals surface area contributed by atoms with Crippen LogP contribution in [0, 0.1) is 6.92 Å². The van der Waals surface area contributed by atoms with Gasteiger partial charge in [-0.25, -0.2) is 4.98 Å². The van der Waals surface area contributed by atoms with Crippen LogP contribution < -0.4 is 9.47 Å². The van der Waals surface area contributed by atoms with Crippen LogP contribution in [-0.4, -0.2) is 23.2 Å². The van der Waals surface area contributed by atoms with Crippen LogP contribution in [0.4, 0.5) is 0 Å². The van der Waals surface area contributed by atoms with Gasteiger partial charge in [-0.2, -0.15) is 0 Å². The molecule has 4 heteroatoms. The number of H-pyrrole nitrogens is 1. The SMILES string of the molecule is CCCCOc1ccc(OCCCC)c(-c2nc3ccc(C)cc3[nH]2)c1. The van der Waals surface area contributed by atoms with E-state index < -0.39 is 0 Å². The molecule has 0 saturated heterocycles. The van der Waals surface area contributed by atoms with Gasteiger partial charge in [0.1, 0.15) is 17.3 Å². The van der Waals surface area contributed by atoms with Gasteiger partial charge in [-0.3, -0.25) is 0 Å². The highest BCUT2D eigenvalue weighted by Gasteiger charge is 2.13. The number of unbranched alkanes of at least 4 members (excludes halogenated alkanes) is 2. The average Bonchev–Trinajstić information content (AvgIpc) is 3.06. The quantitative estimate of drug-likeness (QED) is 0.488. The van der Waals surface area contributed by atoms with Crippen LogP contribution >= 0.6 is 0 Å². The van der Waals surface area contributed by atoms with E-state index in [1.165, 1.54) is 5.56 Å². The van der Waals surface area contributed by atoms with Crippen LogP contribution in [0.25, 0.3) is 22.4 Å². The molecule has 4 nitrogen and oxygen atoms in total. The second-order valence-corrected chi connectivity index (χ2v) is 6.67. The number of ether oxygens (including phenoxy) is 2. The molecular formula is C22H28N2O2. The molecule has 1 heterocycles. The van der Waals surface area contributed by atoms with E-state index in [-0.39, 0.29) is 0 Å². The summed E-state index contributed by atoms with van der Waals surface area (Å²) < 4.78 is 11.9. The summed E-state index contributed by atoms with van der Waals surface area (Å²) in [4.78, 5) is 8.19. The van der Waals surface area contributed by atoms with Crippen molar-refractivity contribution >= 4 is 11.0 Å². The first-order valence-corrected chi connectivity index (χ1v) is 9.57. The molecule has 0 bridgehead atoms. The summed E-state index contributed by atoms with van der Waals surface area (Å²) in [6.45, 7) is 7.85. The predicted octanol–water partition coefficient (Wildman–Crippen LogP) is 5.90. The number of fused-ring (bicyclic) bond motifs is 1. The molecule has 0 atom stereocenters. The lowest BCUT2D eigenvalue weighted by molar-refractivity contribution is 0.302. The molecule has 0 saturated carbocycles. The molecule has 26 heavy (non-hydrogen) atoms.